The number of thiophene rings is 2. The second-order valence-corrected chi connectivity index (χ2v) is 25.9. The Morgan fingerprint density at radius 1 is 0.566 bits per heavy atom. The summed E-state index contributed by atoms with van der Waals surface area (Å²) >= 11 is 7.37. The molecule has 0 radical (unpaired) electrons. The number of thiazole rings is 2. The van der Waals surface area contributed by atoms with Gasteiger partial charge < -0.3 is 18.6 Å². The fourth-order valence-electron chi connectivity index (χ4n) is 7.32. The van der Waals surface area contributed by atoms with Crippen molar-refractivity contribution in [3.63, 3.8) is 0 Å². The molecule has 6 nitrogen and oxygen atoms in total. The van der Waals surface area contributed by atoms with E-state index in [1.54, 1.807) is 11.3 Å². The van der Waals surface area contributed by atoms with Crippen LogP contribution in [0.2, 0.25) is 12.1 Å². The summed E-state index contributed by atoms with van der Waals surface area (Å²) in [6.07, 6.45) is 10.7. The first kappa shape index (κ1) is 41.5. The lowest BCUT2D eigenvalue weighted by Crippen LogP contribution is -2.56. The summed E-state index contributed by atoms with van der Waals surface area (Å²) in [6.45, 7) is 25.5. The SMILES string of the molecule is CC1(C)OB(c2ccc(B3OC(C)(C)C(C)(C)O3)s2)OC1(C)C.CCCCCC[Si]1(CCCCCC)c2nc(C)sc2-c2sc(-c3ccc(C)s3)nc21. The van der Waals surface area contributed by atoms with Crippen molar-refractivity contribution >= 4 is 87.8 Å². The highest BCUT2D eigenvalue weighted by Crippen LogP contribution is 2.44. The van der Waals surface area contributed by atoms with E-state index < -0.39 is 8.07 Å². The Morgan fingerprint density at radius 3 is 1.49 bits per heavy atom. The van der Waals surface area contributed by atoms with Crippen molar-refractivity contribution in [2.45, 2.75) is 169 Å². The predicted octanol–water partition coefficient (Wildman–Crippen LogP) is 10.00. The first-order chi connectivity index (χ1) is 24.9. The van der Waals surface area contributed by atoms with Crippen LogP contribution in [0.5, 0.6) is 0 Å². The Labute approximate surface area is 337 Å². The highest BCUT2D eigenvalue weighted by Gasteiger charge is 2.55. The number of fused-ring (bicyclic) bond motifs is 3. The summed E-state index contributed by atoms with van der Waals surface area (Å²) in [5.74, 6) is 0. The van der Waals surface area contributed by atoms with E-state index in [0.29, 0.717) is 0 Å². The molecule has 0 aliphatic carbocycles. The van der Waals surface area contributed by atoms with Crippen LogP contribution >= 0.6 is 45.3 Å². The molecular weight excluding hydrogens is 750 g/mol. The van der Waals surface area contributed by atoms with Gasteiger partial charge in [0.25, 0.3) is 0 Å². The molecule has 3 aliphatic heterocycles. The van der Waals surface area contributed by atoms with Gasteiger partial charge in [0.05, 0.1) is 52.7 Å². The minimum atomic E-state index is -1.85. The highest BCUT2D eigenvalue weighted by molar-refractivity contribution is 7.31. The Hall–Kier alpha value is -1.15. The Morgan fingerprint density at radius 2 is 1.04 bits per heavy atom. The topological polar surface area (TPSA) is 62.7 Å². The second kappa shape index (κ2) is 16.0. The van der Waals surface area contributed by atoms with Crippen molar-refractivity contribution < 1.29 is 18.6 Å². The van der Waals surface area contributed by atoms with Crippen LogP contribution in [0, 0.1) is 13.8 Å². The quantitative estimate of drug-likeness (QED) is 0.0991. The number of rotatable bonds is 13. The Bertz CT molecular complexity index is 1770. The van der Waals surface area contributed by atoms with Gasteiger partial charge in [-0.25, -0.2) is 4.98 Å². The average Bonchev–Trinajstić information content (AvgIpc) is 3.93. The summed E-state index contributed by atoms with van der Waals surface area (Å²) in [5, 5.41) is 5.48. The van der Waals surface area contributed by atoms with Crippen molar-refractivity contribution in [3.8, 4) is 19.6 Å². The number of nitrogens with zero attached hydrogens (tertiary/aromatic N) is 2. The van der Waals surface area contributed by atoms with Crippen LogP contribution in [-0.4, -0.2) is 54.7 Å². The lowest BCUT2D eigenvalue weighted by Gasteiger charge is -2.32. The van der Waals surface area contributed by atoms with E-state index in [0.717, 1.165) is 9.55 Å². The standard InChI is InChI=1S/C24H34N2S3Si.C16H26B2O4S/c1-5-7-9-11-15-30(16-12-10-8-6-2)23-20(28-18(4)25-23)21-24(30)26-22(29-21)19-14-13-17(3)27-19;1-13(2)14(3,4)20-17(19-13)11-9-10-12(23-11)18-21-15(5,6)16(7,8)22-18/h13-14H,5-12,15-16H2,1-4H3;9-10H,1-8H3. The highest BCUT2D eigenvalue weighted by atomic mass is 32.1. The zero-order chi connectivity index (χ0) is 38.4. The summed E-state index contributed by atoms with van der Waals surface area (Å²) < 4.78 is 26.6. The average molecular weight is 811 g/mol. The summed E-state index contributed by atoms with van der Waals surface area (Å²) in [7, 11) is -2.52. The lowest BCUT2D eigenvalue weighted by molar-refractivity contribution is 0.00578. The predicted molar refractivity (Wildman–Crippen MR) is 235 cm³/mol. The molecular formula is C40H60B2N2O4S4Si. The van der Waals surface area contributed by atoms with Crippen LogP contribution in [-0.2, 0) is 18.6 Å². The third-order valence-corrected chi connectivity index (χ3v) is 21.8. The first-order valence-electron chi connectivity index (χ1n) is 19.8. The normalized spacial score (nSPS) is 20.1. The van der Waals surface area contributed by atoms with Gasteiger partial charge in [0, 0.05) is 14.4 Å². The lowest BCUT2D eigenvalue weighted by atomic mass is 9.86. The smallest absolute Gasteiger partial charge is 0.399 e. The van der Waals surface area contributed by atoms with E-state index in [9.17, 15) is 0 Å². The number of aromatic nitrogens is 2. The molecule has 7 rings (SSSR count). The molecule has 4 aromatic heterocycles. The van der Waals surface area contributed by atoms with Gasteiger partial charge in [-0.1, -0.05) is 77.3 Å². The zero-order valence-corrected chi connectivity index (χ0v) is 38.5. The first-order valence-corrected chi connectivity index (χ1v) is 25.5. The van der Waals surface area contributed by atoms with Gasteiger partial charge in [-0.15, -0.1) is 34.0 Å². The van der Waals surface area contributed by atoms with Crippen LogP contribution in [0.15, 0.2) is 24.3 Å². The van der Waals surface area contributed by atoms with E-state index in [4.69, 9.17) is 28.6 Å². The van der Waals surface area contributed by atoms with Crippen molar-refractivity contribution in [2.24, 2.45) is 0 Å². The molecule has 0 spiro atoms. The van der Waals surface area contributed by atoms with Gasteiger partial charge in [0.1, 0.15) is 5.01 Å². The maximum Gasteiger partial charge on any atom is 0.505 e. The van der Waals surface area contributed by atoms with E-state index in [-0.39, 0.29) is 36.6 Å². The summed E-state index contributed by atoms with van der Waals surface area (Å²) in [4.78, 5) is 16.3. The molecule has 0 bridgehead atoms. The molecule has 0 atom stereocenters. The van der Waals surface area contributed by atoms with E-state index in [1.807, 2.05) is 46.1 Å². The third-order valence-electron chi connectivity index (χ3n) is 12.0. The molecule has 0 N–H and O–H groups in total. The number of hydrogen-bond acceptors (Lipinski definition) is 10. The minimum absolute atomic E-state index is 0.327. The van der Waals surface area contributed by atoms with Gasteiger partial charge in [-0.05, 0) is 93.5 Å². The van der Waals surface area contributed by atoms with Crippen LogP contribution in [0.3, 0.4) is 0 Å². The zero-order valence-electron chi connectivity index (χ0n) is 34.2. The molecule has 0 unspecified atom stereocenters. The van der Waals surface area contributed by atoms with Crippen molar-refractivity contribution in [3.05, 3.63) is 34.2 Å². The fourth-order valence-corrected chi connectivity index (χ4v) is 17.9. The largest absolute Gasteiger partial charge is 0.505 e. The van der Waals surface area contributed by atoms with Crippen molar-refractivity contribution in [2.75, 3.05) is 0 Å². The molecule has 13 heteroatoms. The van der Waals surface area contributed by atoms with Gasteiger partial charge in [0.15, 0.2) is 8.07 Å². The number of aryl methyl sites for hydroxylation is 2. The summed E-state index contributed by atoms with van der Waals surface area (Å²) in [6, 6.07) is 11.3. The molecule has 3 aliphatic rings. The van der Waals surface area contributed by atoms with Gasteiger partial charge in [-0.3, -0.25) is 4.98 Å². The third kappa shape index (κ3) is 8.31. The Kier molecular flexibility index (Phi) is 12.5. The molecule has 0 aromatic carbocycles. The molecule has 7 heterocycles. The molecule has 53 heavy (non-hydrogen) atoms. The fraction of sp³-hybridized carbons (Fsp3) is 0.650. The number of hydrogen-bond donors (Lipinski definition) is 0. The van der Waals surface area contributed by atoms with Crippen LogP contribution in [0.4, 0.5) is 0 Å². The molecule has 4 aromatic rings. The second-order valence-electron chi connectivity index (χ2n) is 17.1. The van der Waals surface area contributed by atoms with E-state index in [2.05, 4.69) is 95.2 Å². The maximum atomic E-state index is 6.11. The molecule has 0 amide bonds. The van der Waals surface area contributed by atoms with E-state index >= 15 is 0 Å². The molecule has 0 saturated carbocycles. The minimum Gasteiger partial charge on any atom is -0.399 e. The monoisotopic (exact) mass is 810 g/mol. The van der Waals surface area contributed by atoms with E-state index in [1.165, 1.54) is 104 Å². The van der Waals surface area contributed by atoms with Crippen molar-refractivity contribution in [1.29, 1.82) is 0 Å². The summed E-state index contributed by atoms with van der Waals surface area (Å²) in [5.41, 5.74) is -1.31. The van der Waals surface area contributed by atoms with Crippen LogP contribution < -0.4 is 20.2 Å². The van der Waals surface area contributed by atoms with Gasteiger partial charge >= 0.3 is 14.2 Å². The van der Waals surface area contributed by atoms with Crippen LogP contribution in [0.25, 0.3) is 19.6 Å². The molecule has 2 fully saturated rings. The molecule has 288 valence electrons. The van der Waals surface area contributed by atoms with Gasteiger partial charge in [-0.2, -0.15) is 11.3 Å². The van der Waals surface area contributed by atoms with Crippen LogP contribution in [0.1, 0.15) is 130 Å². The van der Waals surface area contributed by atoms with Gasteiger partial charge in [0.2, 0.25) is 0 Å². The maximum absolute atomic E-state index is 6.11. The van der Waals surface area contributed by atoms with Crippen molar-refractivity contribution in [1.82, 2.24) is 9.97 Å². The number of unbranched alkanes of at least 4 members (excludes halogenated alkanes) is 6. The Balaban J connectivity index is 0.000000188. The molecule has 2 saturated heterocycles.